The average molecular weight is 985 g/mol. The van der Waals surface area contributed by atoms with Crippen LogP contribution in [0.4, 0.5) is 22.7 Å². The quantitative estimate of drug-likeness (QED) is 0.148. The molecule has 0 atom stereocenters. The first kappa shape index (κ1) is 41.0. The zero-order chi connectivity index (χ0) is 41.9. The zero-order valence-electron chi connectivity index (χ0n) is 35.8. The maximum atomic E-state index is 6.68. The molecule has 0 N–H and O–H groups in total. The van der Waals surface area contributed by atoms with Crippen molar-refractivity contribution >= 4 is 44.6 Å². The van der Waals surface area contributed by atoms with Gasteiger partial charge in [-0.1, -0.05) is 150 Å². The van der Waals surface area contributed by atoms with Crippen LogP contribution in [-0.2, 0) is 31.9 Å². The van der Waals surface area contributed by atoms with Crippen molar-refractivity contribution in [3.63, 3.8) is 0 Å². The first-order valence-corrected chi connectivity index (χ1v) is 21.0. The van der Waals surface area contributed by atoms with Crippen LogP contribution >= 0.6 is 0 Å². The first-order valence-electron chi connectivity index (χ1n) is 21.0. The SMILES string of the molecule is CC(C)(C)c1cc[c-]c(-n2c3[c-]c(Oc4[c-]c(N5[CH-]N(c6cc(-c7ccccc7)ccc6-c6ccccc6)c6ccccc65)ccc4)ccc3c3cc(C(C)(C)C)ccc32)c1.[Pt+4]. The number of rotatable bonds is 7. The molecule has 306 valence electrons. The summed E-state index contributed by atoms with van der Waals surface area (Å²) in [4.78, 5) is 4.49. The van der Waals surface area contributed by atoms with Crippen LogP contribution in [0.2, 0.25) is 0 Å². The number of fused-ring (bicyclic) bond motifs is 4. The predicted molar refractivity (Wildman–Crippen MR) is 254 cm³/mol. The van der Waals surface area contributed by atoms with Crippen LogP contribution in [-0.4, -0.2) is 4.57 Å². The molecule has 1 aromatic heterocycles. The van der Waals surface area contributed by atoms with Crippen LogP contribution in [0.25, 0.3) is 49.7 Å². The number of anilines is 4. The second-order valence-corrected chi connectivity index (χ2v) is 17.9. The summed E-state index contributed by atoms with van der Waals surface area (Å²) in [6, 6.07) is 70.8. The number of hydrogen-bond acceptors (Lipinski definition) is 3. The third-order valence-electron chi connectivity index (χ3n) is 11.7. The largest absolute Gasteiger partial charge is 4.00 e. The van der Waals surface area contributed by atoms with E-state index in [1.54, 1.807) is 0 Å². The summed E-state index contributed by atoms with van der Waals surface area (Å²) in [5.41, 5.74) is 14.3. The van der Waals surface area contributed by atoms with Crippen molar-refractivity contribution in [2.24, 2.45) is 0 Å². The third-order valence-corrected chi connectivity index (χ3v) is 11.7. The van der Waals surface area contributed by atoms with Gasteiger partial charge in [0.1, 0.15) is 0 Å². The molecule has 1 aliphatic heterocycles. The average Bonchev–Trinajstić information content (AvgIpc) is 3.82. The second kappa shape index (κ2) is 16.2. The van der Waals surface area contributed by atoms with Gasteiger partial charge in [0, 0.05) is 39.6 Å². The van der Waals surface area contributed by atoms with Crippen molar-refractivity contribution < 1.29 is 25.8 Å². The number of hydrogen-bond donors (Lipinski definition) is 0. The van der Waals surface area contributed by atoms with E-state index in [-0.39, 0.29) is 31.9 Å². The number of nitrogens with zero attached hydrogens (tertiary/aromatic N) is 3. The molecule has 0 fully saturated rings. The molecular formula is C57H47N3OPt. The Balaban J connectivity index is 0.00000490. The van der Waals surface area contributed by atoms with Gasteiger partial charge in [0.15, 0.2) is 0 Å². The molecule has 4 nitrogen and oxygen atoms in total. The molecule has 8 aromatic carbocycles. The van der Waals surface area contributed by atoms with E-state index < -0.39 is 0 Å². The van der Waals surface area contributed by atoms with Crippen LogP contribution in [0.5, 0.6) is 11.5 Å². The summed E-state index contributed by atoms with van der Waals surface area (Å²) in [5.74, 6) is 1.22. The van der Waals surface area contributed by atoms with Crippen LogP contribution in [0.3, 0.4) is 0 Å². The van der Waals surface area contributed by atoms with Gasteiger partial charge in [-0.05, 0) is 62.7 Å². The predicted octanol–water partition coefficient (Wildman–Crippen LogP) is 15.3. The number of ether oxygens (including phenoxy) is 1. The van der Waals surface area contributed by atoms with Gasteiger partial charge in [-0.3, -0.25) is 0 Å². The summed E-state index contributed by atoms with van der Waals surface area (Å²) in [6.45, 7) is 15.7. The Bertz CT molecular complexity index is 3070. The summed E-state index contributed by atoms with van der Waals surface area (Å²) in [5, 5.41) is 2.31. The minimum Gasteiger partial charge on any atom is -0.509 e. The Hall–Kier alpha value is -6.35. The molecule has 0 saturated carbocycles. The van der Waals surface area contributed by atoms with E-state index in [2.05, 4.69) is 226 Å². The smallest absolute Gasteiger partial charge is 0.509 e. The van der Waals surface area contributed by atoms with E-state index >= 15 is 0 Å². The number of aromatic nitrogens is 1. The van der Waals surface area contributed by atoms with Gasteiger partial charge in [-0.2, -0.15) is 35.9 Å². The van der Waals surface area contributed by atoms with Crippen molar-refractivity contribution in [3.8, 4) is 39.4 Å². The van der Waals surface area contributed by atoms with E-state index in [1.165, 1.54) is 22.1 Å². The van der Waals surface area contributed by atoms with Gasteiger partial charge in [0.25, 0.3) is 0 Å². The fourth-order valence-corrected chi connectivity index (χ4v) is 8.40. The third kappa shape index (κ3) is 7.63. The molecule has 9 aromatic rings. The molecule has 0 bridgehead atoms. The molecule has 62 heavy (non-hydrogen) atoms. The van der Waals surface area contributed by atoms with Crippen LogP contribution in [0.1, 0.15) is 52.7 Å². The summed E-state index contributed by atoms with van der Waals surface area (Å²) >= 11 is 0. The van der Waals surface area contributed by atoms with Crippen molar-refractivity contribution in [1.29, 1.82) is 0 Å². The Morgan fingerprint density at radius 3 is 1.87 bits per heavy atom. The maximum Gasteiger partial charge on any atom is 4.00 e. The van der Waals surface area contributed by atoms with E-state index in [0.717, 1.165) is 61.5 Å². The van der Waals surface area contributed by atoms with E-state index in [4.69, 9.17) is 4.74 Å². The van der Waals surface area contributed by atoms with E-state index in [9.17, 15) is 0 Å². The molecule has 0 radical (unpaired) electrons. The minimum atomic E-state index is -0.0124. The van der Waals surface area contributed by atoms with Crippen molar-refractivity contribution in [1.82, 2.24) is 4.57 Å². The normalized spacial score (nSPS) is 12.7. The fourth-order valence-electron chi connectivity index (χ4n) is 8.40. The van der Waals surface area contributed by atoms with Gasteiger partial charge in [-0.15, -0.1) is 54.1 Å². The van der Waals surface area contributed by atoms with Crippen molar-refractivity contribution in [2.45, 2.75) is 52.4 Å². The van der Waals surface area contributed by atoms with Crippen molar-refractivity contribution in [2.75, 3.05) is 9.80 Å². The van der Waals surface area contributed by atoms with Crippen LogP contribution in [0, 0.1) is 24.9 Å². The first-order chi connectivity index (χ1) is 29.5. The molecule has 5 heteroatoms. The Labute approximate surface area is 380 Å². The van der Waals surface area contributed by atoms with Crippen molar-refractivity contribution in [3.05, 3.63) is 206 Å². The Kier molecular flexibility index (Phi) is 10.7. The standard InChI is InChI=1S/C57H47N3O.Pt/c1-56(2,3)42-21-15-23-45(34-42)60-51-32-28-43(57(4,5)6)35-50(51)49-31-29-47(37-55(49)60)61-46-24-16-22-44(36-46)58-38-59(53-26-14-13-25-52(53)58)54-33-41(39-17-9-7-10-18-39)27-30-48(54)40-19-11-8-12-20-40;/h7-22,24-35,38H,1-6H3;/q-4;+4. The Morgan fingerprint density at radius 2 is 1.15 bits per heavy atom. The molecule has 0 aliphatic carbocycles. The minimum absolute atomic E-state index is 0. The number of para-hydroxylation sites is 2. The van der Waals surface area contributed by atoms with Gasteiger partial charge in [-0.25, -0.2) is 0 Å². The van der Waals surface area contributed by atoms with Crippen LogP contribution in [0.15, 0.2) is 170 Å². The van der Waals surface area contributed by atoms with Gasteiger partial charge >= 0.3 is 21.1 Å². The molecule has 10 rings (SSSR count). The second-order valence-electron chi connectivity index (χ2n) is 17.9. The zero-order valence-corrected chi connectivity index (χ0v) is 38.1. The van der Waals surface area contributed by atoms with Crippen LogP contribution < -0.4 is 14.5 Å². The topological polar surface area (TPSA) is 20.6 Å². The fraction of sp³-hybridized carbons (Fsp3) is 0.140. The molecule has 1 aliphatic rings. The number of benzene rings is 8. The monoisotopic (exact) mass is 984 g/mol. The molecule has 0 amide bonds. The molecule has 2 heterocycles. The molecule has 0 unspecified atom stereocenters. The summed E-state index contributed by atoms with van der Waals surface area (Å²) in [7, 11) is 0. The molecular weight excluding hydrogens is 938 g/mol. The van der Waals surface area contributed by atoms with Gasteiger partial charge in [0.2, 0.25) is 0 Å². The summed E-state index contributed by atoms with van der Waals surface area (Å²) < 4.78 is 8.96. The van der Waals surface area contributed by atoms with E-state index in [0.29, 0.717) is 11.5 Å². The molecule has 0 saturated heterocycles. The van der Waals surface area contributed by atoms with Gasteiger partial charge < -0.3 is 19.1 Å². The maximum absolute atomic E-state index is 6.68. The van der Waals surface area contributed by atoms with E-state index in [1.807, 2.05) is 24.3 Å². The molecule has 0 spiro atoms. The Morgan fingerprint density at radius 1 is 0.484 bits per heavy atom. The van der Waals surface area contributed by atoms with Gasteiger partial charge in [0.05, 0.1) is 0 Å². The summed E-state index contributed by atoms with van der Waals surface area (Å²) in [6.07, 6.45) is 0.